The van der Waals surface area contributed by atoms with Crippen molar-refractivity contribution in [3.63, 3.8) is 0 Å². The molecule has 9 heteroatoms. The Hall–Kier alpha value is -2.39. The van der Waals surface area contributed by atoms with Gasteiger partial charge in [0.15, 0.2) is 5.76 Å². The molecule has 0 N–H and O–H groups in total. The van der Waals surface area contributed by atoms with E-state index in [0.29, 0.717) is 55.1 Å². The third kappa shape index (κ3) is 4.28. The number of aromatic nitrogens is 1. The second kappa shape index (κ2) is 9.23. The largest absolute Gasteiger partial charge is 0.488 e. The molecular formula is C23H31N3O5S. The summed E-state index contributed by atoms with van der Waals surface area (Å²) in [5.74, 6) is 0.739. The van der Waals surface area contributed by atoms with E-state index in [2.05, 4.69) is 5.16 Å². The van der Waals surface area contributed by atoms with E-state index in [1.165, 1.54) is 0 Å². The third-order valence-electron chi connectivity index (χ3n) is 6.44. The molecule has 8 nitrogen and oxygen atoms in total. The quantitative estimate of drug-likeness (QED) is 0.679. The molecule has 2 aliphatic rings. The summed E-state index contributed by atoms with van der Waals surface area (Å²) >= 11 is 0. The van der Waals surface area contributed by atoms with Crippen LogP contribution in [0.25, 0.3) is 0 Å². The highest BCUT2D eigenvalue weighted by atomic mass is 32.2. The Kier molecular flexibility index (Phi) is 6.57. The Balaban J connectivity index is 1.77. The van der Waals surface area contributed by atoms with Crippen molar-refractivity contribution in [1.29, 1.82) is 0 Å². The van der Waals surface area contributed by atoms with Crippen molar-refractivity contribution in [3.8, 4) is 5.75 Å². The summed E-state index contributed by atoms with van der Waals surface area (Å²) in [7, 11) is -2.05. The SMILES string of the molecule is Cc1noc(C)c1S(=O)(=O)N1CCCCN(C)C(=O)c2ccccc2O[C@H]2CCCC[C@H]21. The Bertz CT molecular complexity index is 1060. The number of carbonyl (C=O) groups excluding carboxylic acids is 1. The topological polar surface area (TPSA) is 93.0 Å². The van der Waals surface area contributed by atoms with Crippen LogP contribution >= 0.6 is 0 Å². The molecule has 0 unspecified atom stereocenters. The molecule has 4 rings (SSSR count). The lowest BCUT2D eigenvalue weighted by atomic mass is 9.92. The van der Waals surface area contributed by atoms with Gasteiger partial charge in [-0.25, -0.2) is 8.42 Å². The van der Waals surface area contributed by atoms with Crippen LogP contribution in [0.4, 0.5) is 0 Å². The zero-order valence-electron chi connectivity index (χ0n) is 18.9. The first-order chi connectivity index (χ1) is 15.3. The smallest absolute Gasteiger partial charge is 0.257 e. The molecule has 1 aromatic heterocycles. The number of benzene rings is 1. The van der Waals surface area contributed by atoms with Crippen molar-refractivity contribution in [2.75, 3.05) is 20.1 Å². The van der Waals surface area contributed by atoms with Crippen LogP contribution in [-0.2, 0) is 10.0 Å². The summed E-state index contributed by atoms with van der Waals surface area (Å²) in [5.41, 5.74) is 0.887. The van der Waals surface area contributed by atoms with Crippen LogP contribution < -0.4 is 4.74 Å². The monoisotopic (exact) mass is 461 g/mol. The molecule has 2 heterocycles. The lowest BCUT2D eigenvalue weighted by Crippen LogP contribution is -2.51. The first-order valence-corrected chi connectivity index (χ1v) is 12.7. The summed E-state index contributed by atoms with van der Waals surface area (Å²) in [5, 5.41) is 3.88. The molecule has 0 bridgehead atoms. The highest BCUT2D eigenvalue weighted by Crippen LogP contribution is 2.34. The number of sulfonamides is 1. The number of para-hydroxylation sites is 1. The number of hydrogen-bond acceptors (Lipinski definition) is 6. The van der Waals surface area contributed by atoms with Crippen molar-refractivity contribution in [2.24, 2.45) is 0 Å². The van der Waals surface area contributed by atoms with Crippen LogP contribution in [0.2, 0.25) is 0 Å². The molecule has 1 fully saturated rings. The van der Waals surface area contributed by atoms with E-state index in [9.17, 15) is 13.2 Å². The van der Waals surface area contributed by atoms with Gasteiger partial charge in [0, 0.05) is 20.1 Å². The standard InChI is InChI=1S/C23H31N3O5S/c1-16-22(17(2)31-24-16)32(28,29)26-15-9-8-14-25(3)23(27)18-10-4-6-12-20(18)30-21-13-7-5-11-19(21)26/h4,6,10,12,19,21H,5,7-9,11,13-15H2,1-3H3/t19-,21+/m1/s1. The summed E-state index contributed by atoms with van der Waals surface area (Å²) < 4.78 is 40.9. The highest BCUT2D eigenvalue weighted by Gasteiger charge is 2.41. The molecule has 0 spiro atoms. The van der Waals surface area contributed by atoms with Gasteiger partial charge in [0.25, 0.3) is 5.91 Å². The predicted octanol–water partition coefficient (Wildman–Crippen LogP) is 3.54. The number of nitrogens with zero attached hydrogens (tertiary/aromatic N) is 3. The summed E-state index contributed by atoms with van der Waals surface area (Å²) in [6.45, 7) is 4.20. The average Bonchev–Trinajstić information content (AvgIpc) is 3.12. The molecule has 0 saturated heterocycles. The Morgan fingerprint density at radius 3 is 2.50 bits per heavy atom. The first kappa shape index (κ1) is 22.8. The molecule has 32 heavy (non-hydrogen) atoms. The van der Waals surface area contributed by atoms with Gasteiger partial charge in [-0.1, -0.05) is 23.7 Å². The van der Waals surface area contributed by atoms with Crippen LogP contribution in [-0.4, -0.2) is 61.0 Å². The molecule has 1 saturated carbocycles. The summed E-state index contributed by atoms with van der Waals surface area (Å²) in [4.78, 5) is 14.8. The van der Waals surface area contributed by atoms with Gasteiger partial charge in [-0.15, -0.1) is 0 Å². The van der Waals surface area contributed by atoms with E-state index in [4.69, 9.17) is 9.26 Å². The number of fused-ring (bicyclic) bond motifs is 2. The van der Waals surface area contributed by atoms with Crippen molar-refractivity contribution in [3.05, 3.63) is 41.3 Å². The second-order valence-electron chi connectivity index (χ2n) is 8.71. The van der Waals surface area contributed by atoms with Gasteiger partial charge in [0.2, 0.25) is 10.0 Å². The van der Waals surface area contributed by atoms with Crippen LogP contribution in [0, 0.1) is 13.8 Å². The molecule has 1 amide bonds. The number of carbonyl (C=O) groups is 1. The second-order valence-corrected chi connectivity index (χ2v) is 10.5. The molecule has 174 valence electrons. The van der Waals surface area contributed by atoms with E-state index >= 15 is 0 Å². The molecule has 2 aromatic rings. The van der Waals surface area contributed by atoms with E-state index in [-0.39, 0.29) is 22.9 Å². The Labute approximate surface area is 189 Å². The maximum atomic E-state index is 13.8. The van der Waals surface area contributed by atoms with E-state index in [0.717, 1.165) is 19.3 Å². The predicted molar refractivity (Wildman–Crippen MR) is 119 cm³/mol. The van der Waals surface area contributed by atoms with Crippen LogP contribution in [0.5, 0.6) is 5.75 Å². The lowest BCUT2D eigenvalue weighted by molar-refractivity contribution is 0.0657. The number of ether oxygens (including phenoxy) is 1. The van der Waals surface area contributed by atoms with Gasteiger partial charge >= 0.3 is 0 Å². The zero-order valence-corrected chi connectivity index (χ0v) is 19.7. The molecule has 0 radical (unpaired) electrons. The highest BCUT2D eigenvalue weighted by molar-refractivity contribution is 7.89. The Morgan fingerprint density at radius 2 is 1.75 bits per heavy atom. The third-order valence-corrected chi connectivity index (χ3v) is 8.61. The number of hydrogen-bond donors (Lipinski definition) is 0. The number of rotatable bonds is 2. The van der Waals surface area contributed by atoms with Gasteiger partial charge < -0.3 is 14.2 Å². The minimum atomic E-state index is -3.82. The van der Waals surface area contributed by atoms with E-state index < -0.39 is 10.0 Å². The molecule has 1 aliphatic heterocycles. The molecular weight excluding hydrogens is 430 g/mol. The van der Waals surface area contributed by atoms with Gasteiger partial charge in [0.1, 0.15) is 22.4 Å². The normalized spacial score (nSPS) is 23.5. The number of aryl methyl sites for hydroxylation is 2. The average molecular weight is 462 g/mol. The number of amides is 1. The Morgan fingerprint density at radius 1 is 1.03 bits per heavy atom. The van der Waals surface area contributed by atoms with Crippen molar-refractivity contribution >= 4 is 15.9 Å². The van der Waals surface area contributed by atoms with Gasteiger partial charge in [-0.3, -0.25) is 4.79 Å². The molecule has 1 aromatic carbocycles. The maximum absolute atomic E-state index is 13.8. The van der Waals surface area contributed by atoms with Crippen LogP contribution in [0.15, 0.2) is 33.7 Å². The molecule has 2 atom stereocenters. The fraction of sp³-hybridized carbons (Fsp3) is 0.565. The molecule has 1 aliphatic carbocycles. The van der Waals surface area contributed by atoms with Crippen LogP contribution in [0.3, 0.4) is 0 Å². The summed E-state index contributed by atoms with van der Waals surface area (Å²) in [6, 6.07) is 6.92. The van der Waals surface area contributed by atoms with Gasteiger partial charge in [0.05, 0.1) is 11.6 Å². The maximum Gasteiger partial charge on any atom is 0.257 e. The van der Waals surface area contributed by atoms with Crippen molar-refractivity contribution < 1.29 is 22.5 Å². The minimum absolute atomic E-state index is 0.0752. The minimum Gasteiger partial charge on any atom is -0.488 e. The fourth-order valence-corrected chi connectivity index (χ4v) is 6.81. The van der Waals surface area contributed by atoms with E-state index in [1.54, 1.807) is 42.2 Å². The zero-order chi connectivity index (χ0) is 22.9. The summed E-state index contributed by atoms with van der Waals surface area (Å²) in [6.07, 6.45) is 4.34. The van der Waals surface area contributed by atoms with Gasteiger partial charge in [-0.05, 0) is 58.1 Å². The van der Waals surface area contributed by atoms with Crippen molar-refractivity contribution in [2.45, 2.75) is 69.4 Å². The van der Waals surface area contributed by atoms with Crippen molar-refractivity contribution in [1.82, 2.24) is 14.4 Å². The van der Waals surface area contributed by atoms with E-state index in [1.807, 2.05) is 12.1 Å². The van der Waals surface area contributed by atoms with Gasteiger partial charge in [-0.2, -0.15) is 4.31 Å². The first-order valence-electron chi connectivity index (χ1n) is 11.3. The fourth-order valence-electron chi connectivity index (χ4n) is 4.80. The van der Waals surface area contributed by atoms with Crippen LogP contribution in [0.1, 0.15) is 60.3 Å². The lowest BCUT2D eigenvalue weighted by Gasteiger charge is -2.39.